The third kappa shape index (κ3) is 6.82. The molecule has 3 saturated heterocycles. The van der Waals surface area contributed by atoms with Crippen molar-refractivity contribution < 1.29 is 74.4 Å². The van der Waals surface area contributed by atoms with Crippen molar-refractivity contribution >= 4 is 0 Å². The summed E-state index contributed by atoms with van der Waals surface area (Å²) in [6.45, 7) is 4.99. The normalized spacial score (nSPS) is 48.7. The van der Waals surface area contributed by atoms with E-state index in [2.05, 4.69) is 0 Å². The van der Waals surface area contributed by atoms with Gasteiger partial charge in [0.05, 0.1) is 31.5 Å². The van der Waals surface area contributed by atoms with Gasteiger partial charge in [-0.15, -0.1) is 0 Å². The Labute approximate surface area is 220 Å². The molecular formula is C23H42O15. The standard InChI is InChI=1S/C23H42O15/c1-8-12(27)18(11(7-26)35-20(8)38-23(2,3)4)36-22-17(32)19(14(29)10(6-25)34-22)37-21-16(31)15(30)13(28)9(5-24)33-21/h8-22,24-32H,5-7H2,1-4H3/t8-,9?,10?,11?,12?,13-,14?,15?,16-,17-,18?,19?,20?,21+,22?/m0/s1. The van der Waals surface area contributed by atoms with Crippen LogP contribution in [-0.4, -0.2) is 157 Å². The van der Waals surface area contributed by atoms with Crippen LogP contribution < -0.4 is 0 Å². The third-order valence-corrected chi connectivity index (χ3v) is 6.88. The molecule has 3 fully saturated rings. The van der Waals surface area contributed by atoms with Crippen molar-refractivity contribution in [3.63, 3.8) is 0 Å². The van der Waals surface area contributed by atoms with E-state index < -0.39 is 117 Å². The summed E-state index contributed by atoms with van der Waals surface area (Å²) in [7, 11) is 0. The largest absolute Gasteiger partial charge is 0.394 e. The lowest BCUT2D eigenvalue weighted by Gasteiger charge is -2.49. The van der Waals surface area contributed by atoms with Gasteiger partial charge in [-0.1, -0.05) is 6.92 Å². The Morgan fingerprint density at radius 3 is 1.55 bits per heavy atom. The summed E-state index contributed by atoms with van der Waals surface area (Å²) < 4.78 is 33.8. The Balaban J connectivity index is 1.77. The van der Waals surface area contributed by atoms with Gasteiger partial charge in [0, 0.05) is 5.92 Å². The second-order valence-corrected chi connectivity index (χ2v) is 10.9. The van der Waals surface area contributed by atoms with Crippen LogP contribution in [0, 0.1) is 5.92 Å². The summed E-state index contributed by atoms with van der Waals surface area (Å²) in [5, 5.41) is 92.0. The summed E-state index contributed by atoms with van der Waals surface area (Å²) in [4.78, 5) is 0. The molecule has 3 rings (SSSR count). The Hall–Kier alpha value is -0.600. The molecule has 0 radical (unpaired) electrons. The Kier molecular flexibility index (Phi) is 10.9. The van der Waals surface area contributed by atoms with E-state index in [0.717, 1.165) is 0 Å². The second kappa shape index (κ2) is 12.9. The molecule has 0 amide bonds. The summed E-state index contributed by atoms with van der Waals surface area (Å²) >= 11 is 0. The Bertz CT molecular complexity index is 732. The Morgan fingerprint density at radius 2 is 1.03 bits per heavy atom. The average Bonchev–Trinajstić information content (AvgIpc) is 2.86. The van der Waals surface area contributed by atoms with Crippen LogP contribution in [0.15, 0.2) is 0 Å². The first kappa shape index (κ1) is 31.9. The monoisotopic (exact) mass is 558 g/mol. The van der Waals surface area contributed by atoms with E-state index in [-0.39, 0.29) is 0 Å². The maximum absolute atomic E-state index is 11.0. The van der Waals surface area contributed by atoms with Crippen molar-refractivity contribution in [2.45, 2.75) is 119 Å². The lowest BCUT2D eigenvalue weighted by molar-refractivity contribution is -0.380. The first-order chi connectivity index (χ1) is 17.7. The molecule has 15 nitrogen and oxygen atoms in total. The van der Waals surface area contributed by atoms with Crippen molar-refractivity contribution in [2.24, 2.45) is 5.92 Å². The summed E-state index contributed by atoms with van der Waals surface area (Å²) in [5.74, 6) is -0.636. The molecule has 10 unspecified atom stereocenters. The van der Waals surface area contributed by atoms with Gasteiger partial charge in [0.15, 0.2) is 18.9 Å². The first-order valence-electron chi connectivity index (χ1n) is 12.6. The Morgan fingerprint density at radius 1 is 0.553 bits per heavy atom. The van der Waals surface area contributed by atoms with Gasteiger partial charge in [-0.3, -0.25) is 0 Å². The van der Waals surface area contributed by atoms with Gasteiger partial charge >= 0.3 is 0 Å². The SMILES string of the molecule is C[C@@H]1C(OC(C)(C)C)OC(CO)C(OC2OC(CO)C(O)C(O[C@H]3OC(CO)[C@H](O)C(O)[C@@H]3O)[C@@H]2O)C1O. The molecule has 0 spiro atoms. The van der Waals surface area contributed by atoms with E-state index in [4.69, 9.17) is 28.4 Å². The molecule has 3 aliphatic heterocycles. The number of hydrogen-bond donors (Lipinski definition) is 9. The van der Waals surface area contributed by atoms with Crippen LogP contribution in [0.3, 0.4) is 0 Å². The summed E-state index contributed by atoms with van der Waals surface area (Å²) in [5.41, 5.74) is -0.617. The zero-order valence-electron chi connectivity index (χ0n) is 21.8. The number of hydrogen-bond acceptors (Lipinski definition) is 15. The predicted octanol–water partition coefficient (Wildman–Crippen LogP) is -4.47. The van der Waals surface area contributed by atoms with Crippen LogP contribution in [0.1, 0.15) is 27.7 Å². The topological polar surface area (TPSA) is 237 Å². The molecule has 38 heavy (non-hydrogen) atoms. The van der Waals surface area contributed by atoms with Gasteiger partial charge in [0.25, 0.3) is 0 Å². The van der Waals surface area contributed by atoms with E-state index in [0.29, 0.717) is 0 Å². The summed E-state index contributed by atoms with van der Waals surface area (Å²) in [6.07, 6.45) is -20.8. The molecule has 0 aromatic heterocycles. The van der Waals surface area contributed by atoms with Crippen LogP contribution in [0.5, 0.6) is 0 Å². The van der Waals surface area contributed by atoms with Gasteiger partial charge in [0.2, 0.25) is 0 Å². The van der Waals surface area contributed by atoms with Crippen LogP contribution >= 0.6 is 0 Å². The molecule has 0 aromatic rings. The molecule has 3 aliphatic rings. The van der Waals surface area contributed by atoms with Crippen molar-refractivity contribution in [1.29, 1.82) is 0 Å². The minimum atomic E-state index is -1.82. The zero-order valence-corrected chi connectivity index (χ0v) is 21.8. The molecule has 224 valence electrons. The quantitative estimate of drug-likeness (QED) is 0.136. The number of aliphatic hydroxyl groups excluding tert-OH is 9. The molecule has 15 atom stereocenters. The lowest BCUT2D eigenvalue weighted by Crippen LogP contribution is -2.66. The predicted molar refractivity (Wildman–Crippen MR) is 123 cm³/mol. The molecule has 9 N–H and O–H groups in total. The minimum Gasteiger partial charge on any atom is -0.394 e. The maximum Gasteiger partial charge on any atom is 0.187 e. The zero-order chi connectivity index (χ0) is 28.5. The fourth-order valence-electron chi connectivity index (χ4n) is 4.67. The van der Waals surface area contributed by atoms with Crippen LogP contribution in [-0.2, 0) is 28.4 Å². The highest BCUT2D eigenvalue weighted by Gasteiger charge is 2.53. The van der Waals surface area contributed by atoms with Crippen molar-refractivity contribution in [1.82, 2.24) is 0 Å². The molecule has 0 aliphatic carbocycles. The maximum atomic E-state index is 11.0. The third-order valence-electron chi connectivity index (χ3n) is 6.88. The van der Waals surface area contributed by atoms with Gasteiger partial charge < -0.3 is 74.4 Å². The van der Waals surface area contributed by atoms with Gasteiger partial charge in [0.1, 0.15) is 61.0 Å². The van der Waals surface area contributed by atoms with Crippen molar-refractivity contribution in [3.05, 3.63) is 0 Å². The van der Waals surface area contributed by atoms with Crippen molar-refractivity contribution in [3.8, 4) is 0 Å². The van der Waals surface area contributed by atoms with Crippen LogP contribution in [0.4, 0.5) is 0 Å². The van der Waals surface area contributed by atoms with Crippen LogP contribution in [0.2, 0.25) is 0 Å². The van der Waals surface area contributed by atoms with E-state index in [1.54, 1.807) is 27.7 Å². The minimum absolute atomic E-state index is 0.585. The van der Waals surface area contributed by atoms with E-state index in [1.807, 2.05) is 0 Å². The number of rotatable bonds is 8. The first-order valence-corrected chi connectivity index (χ1v) is 12.6. The van der Waals surface area contributed by atoms with Gasteiger partial charge in [-0.05, 0) is 20.8 Å². The highest BCUT2D eigenvalue weighted by atomic mass is 16.8. The lowest BCUT2D eigenvalue weighted by atomic mass is 9.91. The number of ether oxygens (including phenoxy) is 6. The number of aliphatic hydroxyl groups is 9. The van der Waals surface area contributed by atoms with E-state index in [1.165, 1.54) is 0 Å². The van der Waals surface area contributed by atoms with E-state index >= 15 is 0 Å². The molecule has 0 aromatic carbocycles. The smallest absolute Gasteiger partial charge is 0.187 e. The average molecular weight is 559 g/mol. The molecule has 0 bridgehead atoms. The van der Waals surface area contributed by atoms with Crippen LogP contribution in [0.25, 0.3) is 0 Å². The van der Waals surface area contributed by atoms with E-state index in [9.17, 15) is 46.0 Å². The highest BCUT2D eigenvalue weighted by molar-refractivity contribution is 4.96. The highest BCUT2D eigenvalue weighted by Crippen LogP contribution is 2.35. The van der Waals surface area contributed by atoms with Gasteiger partial charge in [-0.2, -0.15) is 0 Å². The molecule has 0 saturated carbocycles. The molecular weight excluding hydrogens is 516 g/mol. The van der Waals surface area contributed by atoms with Crippen molar-refractivity contribution in [2.75, 3.05) is 19.8 Å². The fraction of sp³-hybridized carbons (Fsp3) is 1.00. The molecule has 15 heteroatoms. The fourth-order valence-corrected chi connectivity index (χ4v) is 4.67. The van der Waals surface area contributed by atoms with Gasteiger partial charge in [-0.25, -0.2) is 0 Å². The molecule has 3 heterocycles. The summed E-state index contributed by atoms with van der Waals surface area (Å²) in [6, 6.07) is 0. The second-order valence-electron chi connectivity index (χ2n) is 10.9.